The van der Waals surface area contributed by atoms with Crippen LogP contribution < -0.4 is 0 Å². The molecule has 2 rings (SSSR count). The zero-order valence-corrected chi connectivity index (χ0v) is 5.98. The molecule has 0 atom stereocenters. The zero-order chi connectivity index (χ0) is 8.55. The first-order valence-electron chi connectivity index (χ1n) is 3.37. The maximum absolute atomic E-state index is 12.2. The summed E-state index contributed by atoms with van der Waals surface area (Å²) in [5, 5.41) is 6.93. The summed E-state index contributed by atoms with van der Waals surface area (Å²) in [7, 11) is 0. The molecule has 2 aromatic rings. The topological polar surface area (TPSA) is 30.2 Å². The van der Waals surface area contributed by atoms with E-state index >= 15 is 0 Å². The van der Waals surface area contributed by atoms with Gasteiger partial charge in [0, 0.05) is 6.20 Å². The van der Waals surface area contributed by atoms with Gasteiger partial charge in [-0.15, -0.1) is 10.2 Å². The molecule has 3 nitrogen and oxygen atoms in total. The highest BCUT2D eigenvalue weighted by Gasteiger charge is 2.14. The summed E-state index contributed by atoms with van der Waals surface area (Å²) in [6.45, 7) is 0. The Morgan fingerprint density at radius 1 is 1.25 bits per heavy atom. The minimum atomic E-state index is -2.58. The van der Waals surface area contributed by atoms with Crippen LogP contribution in [0.3, 0.4) is 0 Å². The lowest BCUT2D eigenvalue weighted by Crippen LogP contribution is -1.93. The molecule has 0 bridgehead atoms. The maximum Gasteiger partial charge on any atom is 0.297 e. The molecule has 0 saturated heterocycles. The molecular weight excluding hydrogens is 164 g/mol. The van der Waals surface area contributed by atoms with Crippen molar-refractivity contribution in [1.82, 2.24) is 14.6 Å². The Balaban J connectivity index is 2.70. The summed E-state index contributed by atoms with van der Waals surface area (Å²) in [6, 6.07) is 5.00. The van der Waals surface area contributed by atoms with Gasteiger partial charge in [-0.25, -0.2) is 8.78 Å². The highest BCUT2D eigenvalue weighted by molar-refractivity contribution is 5.37. The molecule has 0 amide bonds. The molecule has 0 aromatic carbocycles. The molecule has 12 heavy (non-hydrogen) atoms. The molecule has 0 aliphatic rings. The van der Waals surface area contributed by atoms with Gasteiger partial charge in [-0.1, -0.05) is 6.07 Å². The minimum Gasteiger partial charge on any atom is -0.282 e. The SMILES string of the molecule is FC(F)c1nnc2ccccn12. The van der Waals surface area contributed by atoms with Crippen molar-refractivity contribution in [3.63, 3.8) is 0 Å². The van der Waals surface area contributed by atoms with Gasteiger partial charge in [-0.3, -0.25) is 4.40 Å². The van der Waals surface area contributed by atoms with E-state index in [4.69, 9.17) is 0 Å². The smallest absolute Gasteiger partial charge is 0.282 e. The molecule has 0 saturated carbocycles. The van der Waals surface area contributed by atoms with Gasteiger partial charge in [0.25, 0.3) is 6.43 Å². The average Bonchev–Trinajstić information content (AvgIpc) is 2.47. The predicted molar refractivity (Wildman–Crippen MR) is 37.9 cm³/mol. The lowest BCUT2D eigenvalue weighted by Gasteiger charge is -1.95. The first-order valence-corrected chi connectivity index (χ1v) is 3.37. The Hall–Kier alpha value is -1.52. The fourth-order valence-corrected chi connectivity index (χ4v) is 1.01. The Bertz CT molecular complexity index is 396. The first-order chi connectivity index (χ1) is 5.79. The van der Waals surface area contributed by atoms with Gasteiger partial charge < -0.3 is 0 Å². The van der Waals surface area contributed by atoms with Crippen LogP contribution in [0, 0.1) is 0 Å². The van der Waals surface area contributed by atoms with Crippen LogP contribution in [-0.4, -0.2) is 14.6 Å². The molecule has 62 valence electrons. The van der Waals surface area contributed by atoms with E-state index in [1.165, 1.54) is 10.6 Å². The van der Waals surface area contributed by atoms with Gasteiger partial charge in [0.15, 0.2) is 5.65 Å². The fraction of sp³-hybridized carbons (Fsp3) is 0.143. The zero-order valence-electron chi connectivity index (χ0n) is 5.98. The highest BCUT2D eigenvalue weighted by atomic mass is 19.3. The summed E-state index contributed by atoms with van der Waals surface area (Å²) >= 11 is 0. The first kappa shape index (κ1) is 7.15. The number of halogens is 2. The summed E-state index contributed by atoms with van der Waals surface area (Å²) in [5.41, 5.74) is 0.438. The summed E-state index contributed by atoms with van der Waals surface area (Å²) in [5.74, 6) is -0.314. The van der Waals surface area contributed by atoms with Crippen molar-refractivity contribution in [2.24, 2.45) is 0 Å². The number of fused-ring (bicyclic) bond motifs is 1. The number of hydrogen-bond donors (Lipinski definition) is 0. The average molecular weight is 169 g/mol. The van der Waals surface area contributed by atoms with E-state index in [0.717, 1.165) is 0 Å². The number of nitrogens with zero attached hydrogens (tertiary/aromatic N) is 3. The number of aromatic nitrogens is 3. The number of alkyl halides is 2. The Morgan fingerprint density at radius 3 is 2.83 bits per heavy atom. The van der Waals surface area contributed by atoms with E-state index in [1.54, 1.807) is 18.2 Å². The van der Waals surface area contributed by atoms with Gasteiger partial charge in [0.05, 0.1) is 0 Å². The molecule has 0 N–H and O–H groups in total. The molecular formula is C7H5F2N3. The third kappa shape index (κ3) is 0.939. The molecule has 5 heteroatoms. The number of hydrogen-bond acceptors (Lipinski definition) is 2. The van der Waals surface area contributed by atoms with Crippen molar-refractivity contribution >= 4 is 5.65 Å². The Kier molecular flexibility index (Phi) is 1.49. The van der Waals surface area contributed by atoms with Crippen LogP contribution in [0.2, 0.25) is 0 Å². The van der Waals surface area contributed by atoms with E-state index in [1.807, 2.05) is 0 Å². The Morgan fingerprint density at radius 2 is 2.08 bits per heavy atom. The van der Waals surface area contributed by atoms with Crippen molar-refractivity contribution in [3.8, 4) is 0 Å². The second kappa shape index (κ2) is 2.51. The minimum absolute atomic E-state index is 0.314. The van der Waals surface area contributed by atoms with Crippen molar-refractivity contribution in [2.75, 3.05) is 0 Å². The van der Waals surface area contributed by atoms with Crippen LogP contribution in [0.5, 0.6) is 0 Å². The lowest BCUT2D eigenvalue weighted by molar-refractivity contribution is 0.139. The summed E-state index contributed by atoms with van der Waals surface area (Å²) in [4.78, 5) is 0. The van der Waals surface area contributed by atoms with Crippen LogP contribution >= 0.6 is 0 Å². The largest absolute Gasteiger partial charge is 0.297 e. The van der Waals surface area contributed by atoms with E-state index in [9.17, 15) is 8.78 Å². The van der Waals surface area contributed by atoms with Crippen LogP contribution in [0.25, 0.3) is 5.65 Å². The van der Waals surface area contributed by atoms with Crippen LogP contribution in [0.4, 0.5) is 8.78 Å². The Labute approximate surface area is 66.7 Å². The fourth-order valence-electron chi connectivity index (χ4n) is 1.01. The van der Waals surface area contributed by atoms with Crippen molar-refractivity contribution in [3.05, 3.63) is 30.2 Å². The van der Waals surface area contributed by atoms with Crippen LogP contribution in [0.1, 0.15) is 12.2 Å². The van der Waals surface area contributed by atoms with E-state index in [2.05, 4.69) is 10.2 Å². The van der Waals surface area contributed by atoms with E-state index in [-0.39, 0.29) is 5.82 Å². The monoisotopic (exact) mass is 169 g/mol. The normalized spacial score (nSPS) is 11.2. The molecule has 0 aliphatic heterocycles. The second-order valence-corrected chi connectivity index (χ2v) is 2.29. The molecule has 0 fully saturated rings. The summed E-state index contributed by atoms with van der Waals surface area (Å²) < 4.78 is 25.7. The molecule has 0 radical (unpaired) electrons. The molecule has 0 unspecified atom stereocenters. The lowest BCUT2D eigenvalue weighted by atomic mass is 10.5. The highest BCUT2D eigenvalue weighted by Crippen LogP contribution is 2.16. The van der Waals surface area contributed by atoms with E-state index in [0.29, 0.717) is 5.65 Å². The van der Waals surface area contributed by atoms with Gasteiger partial charge >= 0.3 is 0 Å². The second-order valence-electron chi connectivity index (χ2n) is 2.29. The van der Waals surface area contributed by atoms with Gasteiger partial charge in [0.2, 0.25) is 5.82 Å². The molecule has 2 heterocycles. The number of rotatable bonds is 1. The number of pyridine rings is 1. The predicted octanol–water partition coefficient (Wildman–Crippen LogP) is 1.67. The maximum atomic E-state index is 12.2. The van der Waals surface area contributed by atoms with Crippen molar-refractivity contribution in [2.45, 2.75) is 6.43 Å². The van der Waals surface area contributed by atoms with Crippen LogP contribution in [0.15, 0.2) is 24.4 Å². The van der Waals surface area contributed by atoms with Crippen LogP contribution in [-0.2, 0) is 0 Å². The molecule has 2 aromatic heterocycles. The quantitative estimate of drug-likeness (QED) is 0.649. The third-order valence-electron chi connectivity index (χ3n) is 1.54. The standard InChI is InChI=1S/C7H5F2N3/c8-6(9)7-11-10-5-3-1-2-4-12(5)7/h1-4,6H. The van der Waals surface area contributed by atoms with Gasteiger partial charge in [-0.05, 0) is 12.1 Å². The van der Waals surface area contributed by atoms with Crippen molar-refractivity contribution in [1.29, 1.82) is 0 Å². The van der Waals surface area contributed by atoms with E-state index < -0.39 is 6.43 Å². The third-order valence-corrected chi connectivity index (χ3v) is 1.54. The summed E-state index contributed by atoms with van der Waals surface area (Å²) in [6.07, 6.45) is -1.07. The molecule has 0 aliphatic carbocycles. The molecule has 0 spiro atoms. The van der Waals surface area contributed by atoms with Gasteiger partial charge in [-0.2, -0.15) is 0 Å². The van der Waals surface area contributed by atoms with Crippen molar-refractivity contribution < 1.29 is 8.78 Å². The van der Waals surface area contributed by atoms with Gasteiger partial charge in [0.1, 0.15) is 0 Å².